The van der Waals surface area contributed by atoms with E-state index in [0.29, 0.717) is 12.1 Å². The van der Waals surface area contributed by atoms with E-state index in [-0.39, 0.29) is 0 Å². The Morgan fingerprint density at radius 1 is 1.47 bits per heavy atom. The number of piperidine rings is 1. The van der Waals surface area contributed by atoms with Gasteiger partial charge in [-0.05, 0) is 68.2 Å². The largest absolute Gasteiger partial charge is 0.307 e. The third-order valence-electron chi connectivity index (χ3n) is 3.66. The van der Waals surface area contributed by atoms with Crippen LogP contribution in [0.3, 0.4) is 0 Å². The van der Waals surface area contributed by atoms with Gasteiger partial charge in [0.05, 0.1) is 0 Å². The molecule has 2 nitrogen and oxygen atoms in total. The molecule has 2 rings (SSSR count). The third-order valence-corrected chi connectivity index (χ3v) is 4.36. The predicted octanol–water partition coefficient (Wildman–Crippen LogP) is 3.27. The number of thiophene rings is 1. The molecule has 0 radical (unpaired) electrons. The Bertz CT molecular complexity index is 302. The zero-order chi connectivity index (χ0) is 12.1. The fraction of sp³-hybridized carbons (Fsp3) is 0.714. The van der Waals surface area contributed by atoms with E-state index in [1.165, 1.54) is 44.5 Å². The lowest BCUT2D eigenvalue weighted by Crippen LogP contribution is -2.43. The highest BCUT2D eigenvalue weighted by molar-refractivity contribution is 7.07. The quantitative estimate of drug-likeness (QED) is 0.865. The maximum atomic E-state index is 3.76. The van der Waals surface area contributed by atoms with Crippen molar-refractivity contribution in [3.63, 3.8) is 0 Å². The van der Waals surface area contributed by atoms with Crippen LogP contribution in [0.2, 0.25) is 0 Å². The van der Waals surface area contributed by atoms with Gasteiger partial charge in [0.1, 0.15) is 0 Å². The van der Waals surface area contributed by atoms with E-state index in [0.717, 1.165) is 0 Å². The zero-order valence-electron chi connectivity index (χ0n) is 11.0. The molecule has 0 bridgehead atoms. The lowest BCUT2D eigenvalue weighted by molar-refractivity contribution is 0.192. The number of hydrogen-bond acceptors (Lipinski definition) is 3. The second kappa shape index (κ2) is 6.53. The Labute approximate surface area is 109 Å². The van der Waals surface area contributed by atoms with Gasteiger partial charge >= 0.3 is 0 Å². The summed E-state index contributed by atoms with van der Waals surface area (Å²) < 4.78 is 0. The molecule has 3 heteroatoms. The van der Waals surface area contributed by atoms with Gasteiger partial charge in [0.25, 0.3) is 0 Å². The van der Waals surface area contributed by atoms with Gasteiger partial charge in [-0.2, -0.15) is 11.3 Å². The SMILES string of the molecule is CCCN1CCC(NC(C)c2ccsc2)CC1. The number of nitrogens with one attached hydrogen (secondary N) is 1. The van der Waals surface area contributed by atoms with Gasteiger partial charge in [-0.15, -0.1) is 0 Å². The molecule has 1 atom stereocenters. The van der Waals surface area contributed by atoms with E-state index >= 15 is 0 Å². The van der Waals surface area contributed by atoms with Gasteiger partial charge in [0.15, 0.2) is 0 Å². The van der Waals surface area contributed by atoms with Crippen LogP contribution in [0, 0.1) is 0 Å². The maximum Gasteiger partial charge on any atom is 0.0302 e. The van der Waals surface area contributed by atoms with Crippen LogP contribution in [0.25, 0.3) is 0 Å². The Kier molecular flexibility index (Phi) is 5.01. The summed E-state index contributed by atoms with van der Waals surface area (Å²) in [5.74, 6) is 0. The van der Waals surface area contributed by atoms with E-state index in [1.807, 2.05) is 0 Å². The van der Waals surface area contributed by atoms with Gasteiger partial charge in [0.2, 0.25) is 0 Å². The number of likely N-dealkylation sites (tertiary alicyclic amines) is 1. The standard InChI is InChI=1S/C14H24N2S/c1-3-7-16-8-4-14(5-9-16)15-12(2)13-6-10-17-11-13/h6,10-12,14-15H,3-5,7-9H2,1-2H3. The topological polar surface area (TPSA) is 15.3 Å². The molecular formula is C14H24N2S. The molecule has 0 aromatic carbocycles. The van der Waals surface area contributed by atoms with E-state index in [4.69, 9.17) is 0 Å². The van der Waals surface area contributed by atoms with Crippen molar-refractivity contribution in [3.05, 3.63) is 22.4 Å². The first-order valence-electron chi connectivity index (χ1n) is 6.80. The summed E-state index contributed by atoms with van der Waals surface area (Å²) in [6.07, 6.45) is 3.88. The van der Waals surface area contributed by atoms with Crippen LogP contribution in [0.1, 0.15) is 44.7 Å². The lowest BCUT2D eigenvalue weighted by Gasteiger charge is -2.33. The smallest absolute Gasteiger partial charge is 0.0302 e. The minimum absolute atomic E-state index is 0.504. The van der Waals surface area contributed by atoms with Crippen LogP contribution in [-0.4, -0.2) is 30.6 Å². The second-order valence-corrected chi connectivity index (χ2v) is 5.84. The molecule has 1 fully saturated rings. The molecule has 0 amide bonds. The summed E-state index contributed by atoms with van der Waals surface area (Å²) >= 11 is 1.79. The molecule has 0 aliphatic carbocycles. The average Bonchev–Trinajstić information content (AvgIpc) is 2.86. The first-order chi connectivity index (χ1) is 8.29. The highest BCUT2D eigenvalue weighted by Crippen LogP contribution is 2.19. The molecular weight excluding hydrogens is 228 g/mol. The summed E-state index contributed by atoms with van der Waals surface area (Å²) in [4.78, 5) is 2.59. The van der Waals surface area contributed by atoms with Crippen molar-refractivity contribution in [1.29, 1.82) is 0 Å². The molecule has 1 saturated heterocycles. The number of rotatable bonds is 5. The molecule has 2 heterocycles. The van der Waals surface area contributed by atoms with Gasteiger partial charge in [-0.1, -0.05) is 6.92 Å². The lowest BCUT2D eigenvalue weighted by atomic mass is 10.0. The van der Waals surface area contributed by atoms with Crippen molar-refractivity contribution in [2.75, 3.05) is 19.6 Å². The highest BCUT2D eigenvalue weighted by atomic mass is 32.1. The van der Waals surface area contributed by atoms with Crippen LogP contribution in [0.15, 0.2) is 16.8 Å². The van der Waals surface area contributed by atoms with E-state index < -0.39 is 0 Å². The van der Waals surface area contributed by atoms with Crippen molar-refractivity contribution in [2.45, 2.75) is 45.2 Å². The van der Waals surface area contributed by atoms with Crippen LogP contribution >= 0.6 is 11.3 Å². The molecule has 1 unspecified atom stereocenters. The molecule has 1 aliphatic heterocycles. The molecule has 1 aromatic heterocycles. The van der Waals surface area contributed by atoms with Crippen LogP contribution in [0.4, 0.5) is 0 Å². The van der Waals surface area contributed by atoms with Crippen molar-refractivity contribution >= 4 is 11.3 Å². The van der Waals surface area contributed by atoms with Gasteiger partial charge < -0.3 is 10.2 Å². The molecule has 1 aliphatic rings. The zero-order valence-corrected chi connectivity index (χ0v) is 11.8. The maximum absolute atomic E-state index is 3.76. The van der Waals surface area contributed by atoms with Crippen LogP contribution < -0.4 is 5.32 Å². The molecule has 1 N–H and O–H groups in total. The Balaban J connectivity index is 1.74. The Morgan fingerprint density at radius 2 is 2.24 bits per heavy atom. The summed E-state index contributed by atoms with van der Waals surface area (Å²) in [7, 11) is 0. The van der Waals surface area contributed by atoms with Crippen LogP contribution in [0.5, 0.6) is 0 Å². The van der Waals surface area contributed by atoms with E-state index in [2.05, 4.69) is 40.9 Å². The number of nitrogens with zero attached hydrogens (tertiary/aromatic N) is 1. The van der Waals surface area contributed by atoms with Crippen molar-refractivity contribution in [1.82, 2.24) is 10.2 Å². The van der Waals surface area contributed by atoms with Gasteiger partial charge in [0, 0.05) is 12.1 Å². The fourth-order valence-electron chi connectivity index (χ4n) is 2.61. The Morgan fingerprint density at radius 3 is 2.82 bits per heavy atom. The third kappa shape index (κ3) is 3.80. The monoisotopic (exact) mass is 252 g/mol. The molecule has 17 heavy (non-hydrogen) atoms. The molecule has 1 aromatic rings. The van der Waals surface area contributed by atoms with Crippen molar-refractivity contribution < 1.29 is 0 Å². The van der Waals surface area contributed by atoms with E-state index in [1.54, 1.807) is 11.3 Å². The minimum Gasteiger partial charge on any atom is -0.307 e. The summed E-state index contributed by atoms with van der Waals surface area (Å²) in [6.45, 7) is 8.35. The minimum atomic E-state index is 0.504. The first kappa shape index (κ1) is 13.1. The number of hydrogen-bond donors (Lipinski definition) is 1. The van der Waals surface area contributed by atoms with Gasteiger partial charge in [-0.3, -0.25) is 0 Å². The van der Waals surface area contributed by atoms with Gasteiger partial charge in [-0.25, -0.2) is 0 Å². The molecule has 0 spiro atoms. The average molecular weight is 252 g/mol. The van der Waals surface area contributed by atoms with E-state index in [9.17, 15) is 0 Å². The predicted molar refractivity (Wildman–Crippen MR) is 75.6 cm³/mol. The highest BCUT2D eigenvalue weighted by Gasteiger charge is 2.20. The summed E-state index contributed by atoms with van der Waals surface area (Å²) in [5.41, 5.74) is 1.44. The molecule has 0 saturated carbocycles. The second-order valence-electron chi connectivity index (χ2n) is 5.06. The molecule has 96 valence electrons. The summed E-state index contributed by atoms with van der Waals surface area (Å²) in [6, 6.07) is 3.44. The van der Waals surface area contributed by atoms with Crippen molar-refractivity contribution in [2.24, 2.45) is 0 Å². The normalized spacial score (nSPS) is 20.6. The first-order valence-corrected chi connectivity index (χ1v) is 7.74. The van der Waals surface area contributed by atoms with Crippen LogP contribution in [-0.2, 0) is 0 Å². The summed E-state index contributed by atoms with van der Waals surface area (Å²) in [5, 5.41) is 8.18. The van der Waals surface area contributed by atoms with Crippen molar-refractivity contribution in [3.8, 4) is 0 Å². The fourth-order valence-corrected chi connectivity index (χ4v) is 3.36. The Hall–Kier alpha value is -0.380.